The third-order valence-electron chi connectivity index (χ3n) is 5.94. The van der Waals surface area contributed by atoms with Crippen LogP contribution < -0.4 is 5.32 Å². The third kappa shape index (κ3) is 3.89. The van der Waals surface area contributed by atoms with Crippen molar-refractivity contribution in [3.05, 3.63) is 101 Å². The van der Waals surface area contributed by atoms with E-state index in [4.69, 9.17) is 5.11 Å². The normalized spacial score (nSPS) is 13.9. The minimum Gasteiger partial charge on any atom is -0.478 e. The highest BCUT2D eigenvalue weighted by Gasteiger charge is 2.43. The Morgan fingerprint density at radius 2 is 1.42 bits per heavy atom. The molecule has 0 radical (unpaired) electrons. The van der Waals surface area contributed by atoms with Crippen molar-refractivity contribution in [2.24, 2.45) is 0 Å². The summed E-state index contributed by atoms with van der Waals surface area (Å²) in [6.45, 7) is 3.15. The zero-order valence-electron chi connectivity index (χ0n) is 17.7. The highest BCUT2D eigenvalue weighted by Crippen LogP contribution is 2.49. The number of rotatable bonds is 6. The molecule has 0 spiro atoms. The molecule has 3 aromatic rings. The predicted octanol–water partition coefficient (Wildman–Crippen LogP) is 5.17. The van der Waals surface area contributed by atoms with Gasteiger partial charge >= 0.3 is 5.97 Å². The Morgan fingerprint density at radius 1 is 0.871 bits per heavy atom. The first-order chi connectivity index (χ1) is 14.9. The van der Waals surface area contributed by atoms with Gasteiger partial charge in [0.15, 0.2) is 0 Å². The van der Waals surface area contributed by atoms with E-state index in [9.17, 15) is 9.59 Å². The lowest BCUT2D eigenvalue weighted by molar-refractivity contribution is -0.132. The maximum absolute atomic E-state index is 12.3. The van der Waals surface area contributed by atoms with Crippen molar-refractivity contribution in [3.8, 4) is 11.1 Å². The van der Waals surface area contributed by atoms with Crippen molar-refractivity contribution < 1.29 is 14.7 Å². The minimum absolute atomic E-state index is 0.0591. The number of carboxylic acids is 1. The second-order valence-corrected chi connectivity index (χ2v) is 8.05. The number of carbonyl (C=O) groups excluding carboxylic acids is 1. The molecule has 0 aliphatic heterocycles. The summed E-state index contributed by atoms with van der Waals surface area (Å²) >= 11 is 0. The van der Waals surface area contributed by atoms with Gasteiger partial charge in [0.2, 0.25) is 5.91 Å². The molecular formula is C27H25NO3. The molecule has 0 heterocycles. The molecule has 4 heteroatoms. The molecule has 0 unspecified atom stereocenters. The van der Waals surface area contributed by atoms with E-state index in [0.29, 0.717) is 5.57 Å². The monoisotopic (exact) mass is 411 g/mol. The van der Waals surface area contributed by atoms with Crippen LogP contribution in [0.4, 0.5) is 0 Å². The van der Waals surface area contributed by atoms with Crippen LogP contribution >= 0.6 is 0 Å². The van der Waals surface area contributed by atoms with Gasteiger partial charge in [-0.15, -0.1) is 0 Å². The molecule has 0 bridgehead atoms. The van der Waals surface area contributed by atoms with E-state index >= 15 is 0 Å². The third-order valence-corrected chi connectivity index (χ3v) is 5.94. The van der Waals surface area contributed by atoms with Crippen LogP contribution in [0.1, 0.15) is 42.5 Å². The molecule has 0 saturated carbocycles. The number of carbonyl (C=O) groups is 2. The van der Waals surface area contributed by atoms with Crippen LogP contribution in [0, 0.1) is 0 Å². The number of hydrogen-bond acceptors (Lipinski definition) is 2. The first-order valence-corrected chi connectivity index (χ1v) is 10.4. The van der Waals surface area contributed by atoms with E-state index < -0.39 is 11.5 Å². The molecule has 4 rings (SSSR count). The maximum Gasteiger partial charge on any atom is 0.331 e. The van der Waals surface area contributed by atoms with Crippen LogP contribution in [0.5, 0.6) is 0 Å². The molecule has 1 aliphatic carbocycles. The van der Waals surface area contributed by atoms with E-state index in [1.54, 1.807) is 19.9 Å². The molecule has 0 atom stereocenters. The molecule has 3 aromatic carbocycles. The SMILES string of the molecule is CC(=O)NC1(CCc2ccc(C=C(C)C(=O)O)cc2)c2ccccc2-c2ccccc21. The van der Waals surface area contributed by atoms with Crippen molar-refractivity contribution in [3.63, 3.8) is 0 Å². The largest absolute Gasteiger partial charge is 0.478 e. The topological polar surface area (TPSA) is 66.4 Å². The van der Waals surface area contributed by atoms with Gasteiger partial charge < -0.3 is 10.4 Å². The fourth-order valence-electron chi connectivity index (χ4n) is 4.52. The first-order valence-electron chi connectivity index (χ1n) is 10.4. The molecule has 0 fully saturated rings. The molecule has 2 N–H and O–H groups in total. The van der Waals surface area contributed by atoms with Gasteiger partial charge in [0.05, 0.1) is 5.54 Å². The van der Waals surface area contributed by atoms with Crippen LogP contribution in [0.3, 0.4) is 0 Å². The summed E-state index contributed by atoms with van der Waals surface area (Å²) in [6.07, 6.45) is 3.16. The standard InChI is InChI=1S/C27H25NO3/c1-18(26(30)31)17-21-13-11-20(12-14-21)15-16-27(28-19(2)29)24-9-5-3-7-22(24)23-8-4-6-10-25(23)27/h3-14,17H,15-16H2,1-2H3,(H,28,29)(H,30,31). The number of aryl methyl sites for hydroxylation is 1. The van der Waals surface area contributed by atoms with Gasteiger partial charge in [-0.05, 0) is 59.2 Å². The summed E-state index contributed by atoms with van der Waals surface area (Å²) in [6, 6.07) is 24.5. The van der Waals surface area contributed by atoms with E-state index in [2.05, 4.69) is 29.6 Å². The van der Waals surface area contributed by atoms with E-state index in [0.717, 1.165) is 46.2 Å². The van der Waals surface area contributed by atoms with Gasteiger partial charge in [-0.1, -0.05) is 72.8 Å². The molecule has 0 aromatic heterocycles. The molecule has 156 valence electrons. The predicted molar refractivity (Wildman–Crippen MR) is 123 cm³/mol. The summed E-state index contributed by atoms with van der Waals surface area (Å²) in [5, 5.41) is 12.3. The maximum atomic E-state index is 12.3. The number of fused-ring (bicyclic) bond motifs is 3. The number of carboxylic acid groups (broad SMARTS) is 1. The molecule has 0 saturated heterocycles. The molecule has 31 heavy (non-hydrogen) atoms. The number of benzene rings is 3. The lowest BCUT2D eigenvalue weighted by Gasteiger charge is -2.33. The molecule has 1 aliphatic rings. The summed E-state index contributed by atoms with van der Waals surface area (Å²) in [4.78, 5) is 23.3. The number of aliphatic carboxylic acids is 1. The Hall–Kier alpha value is -3.66. The summed E-state index contributed by atoms with van der Waals surface area (Å²) < 4.78 is 0. The second-order valence-electron chi connectivity index (χ2n) is 8.05. The zero-order chi connectivity index (χ0) is 22.0. The van der Waals surface area contributed by atoms with Gasteiger partial charge in [0, 0.05) is 12.5 Å². The minimum atomic E-state index is -0.917. The van der Waals surface area contributed by atoms with Crippen LogP contribution in [-0.4, -0.2) is 17.0 Å². The van der Waals surface area contributed by atoms with E-state index in [1.807, 2.05) is 48.5 Å². The van der Waals surface area contributed by atoms with Gasteiger partial charge in [-0.2, -0.15) is 0 Å². The lowest BCUT2D eigenvalue weighted by Crippen LogP contribution is -2.45. The van der Waals surface area contributed by atoms with Crippen molar-refractivity contribution in [2.75, 3.05) is 0 Å². The Morgan fingerprint density at radius 3 is 1.94 bits per heavy atom. The van der Waals surface area contributed by atoms with Gasteiger partial charge in [-0.25, -0.2) is 4.79 Å². The highest BCUT2D eigenvalue weighted by molar-refractivity contribution is 5.91. The smallest absolute Gasteiger partial charge is 0.331 e. The lowest BCUT2D eigenvalue weighted by atomic mass is 9.82. The Balaban J connectivity index is 1.67. The van der Waals surface area contributed by atoms with Gasteiger partial charge in [0.25, 0.3) is 0 Å². The molecular weight excluding hydrogens is 386 g/mol. The summed E-state index contributed by atoms with van der Waals surface area (Å²) in [5.41, 5.74) is 6.31. The van der Waals surface area contributed by atoms with Crippen LogP contribution in [0.25, 0.3) is 17.2 Å². The van der Waals surface area contributed by atoms with Gasteiger partial charge in [0.1, 0.15) is 0 Å². The number of nitrogens with one attached hydrogen (secondary N) is 1. The average Bonchev–Trinajstić information content (AvgIpc) is 3.03. The van der Waals surface area contributed by atoms with Crippen LogP contribution in [0.2, 0.25) is 0 Å². The molecule has 4 nitrogen and oxygen atoms in total. The number of amides is 1. The number of hydrogen-bond donors (Lipinski definition) is 2. The van der Waals surface area contributed by atoms with Crippen molar-refractivity contribution in [2.45, 2.75) is 32.2 Å². The fourth-order valence-corrected chi connectivity index (χ4v) is 4.52. The average molecular weight is 412 g/mol. The Bertz CT molecular complexity index is 1130. The zero-order valence-corrected chi connectivity index (χ0v) is 17.7. The van der Waals surface area contributed by atoms with E-state index in [-0.39, 0.29) is 5.91 Å². The molecule has 1 amide bonds. The highest BCUT2D eigenvalue weighted by atomic mass is 16.4. The summed E-state index contributed by atoms with van der Waals surface area (Å²) in [7, 11) is 0. The first kappa shape index (κ1) is 20.6. The quantitative estimate of drug-likeness (QED) is 0.550. The van der Waals surface area contributed by atoms with E-state index in [1.165, 1.54) is 0 Å². The Kier molecular flexibility index (Phi) is 5.47. The summed E-state index contributed by atoms with van der Waals surface area (Å²) in [5.74, 6) is -0.976. The van der Waals surface area contributed by atoms with Gasteiger partial charge in [-0.3, -0.25) is 4.79 Å². The van der Waals surface area contributed by atoms with Crippen molar-refractivity contribution in [1.82, 2.24) is 5.32 Å². The Labute approximate surface area is 182 Å². The second kappa shape index (κ2) is 8.23. The van der Waals surface area contributed by atoms with Crippen LogP contribution in [0.15, 0.2) is 78.4 Å². The fraction of sp³-hybridized carbons (Fsp3) is 0.185. The van der Waals surface area contributed by atoms with Crippen molar-refractivity contribution >= 4 is 18.0 Å². The van der Waals surface area contributed by atoms with Crippen LogP contribution in [-0.2, 0) is 21.5 Å². The van der Waals surface area contributed by atoms with Crippen molar-refractivity contribution in [1.29, 1.82) is 0 Å².